The van der Waals surface area contributed by atoms with Crippen LogP contribution in [-0.4, -0.2) is 29.6 Å². The summed E-state index contributed by atoms with van der Waals surface area (Å²) < 4.78 is 27.0. The van der Waals surface area contributed by atoms with Crippen LogP contribution in [0.2, 0.25) is 0 Å². The van der Waals surface area contributed by atoms with Gasteiger partial charge in [0, 0.05) is 24.4 Å². The minimum absolute atomic E-state index is 0.0755. The molecule has 1 aromatic rings. The van der Waals surface area contributed by atoms with Gasteiger partial charge in [-0.15, -0.1) is 0 Å². The molecule has 0 aromatic carbocycles. The molecule has 0 aliphatic carbocycles. The van der Waals surface area contributed by atoms with E-state index in [0.717, 1.165) is 18.2 Å². The van der Waals surface area contributed by atoms with Gasteiger partial charge in [0.1, 0.15) is 0 Å². The van der Waals surface area contributed by atoms with Gasteiger partial charge in [0.15, 0.2) is 23.3 Å². The zero-order valence-electron chi connectivity index (χ0n) is 10.9. The lowest BCUT2D eigenvalue weighted by atomic mass is 10.3. The molecule has 1 unspecified atom stereocenters. The summed E-state index contributed by atoms with van der Waals surface area (Å²) in [5.74, 6) is -0.309. The molecular formula is C12H19F2N3S. The van der Waals surface area contributed by atoms with Gasteiger partial charge in [0.2, 0.25) is 0 Å². The lowest BCUT2D eigenvalue weighted by Crippen LogP contribution is -2.20. The van der Waals surface area contributed by atoms with E-state index in [-0.39, 0.29) is 17.7 Å². The molecule has 1 atom stereocenters. The molecule has 6 heteroatoms. The van der Waals surface area contributed by atoms with Crippen molar-refractivity contribution in [1.29, 1.82) is 0 Å². The average Bonchev–Trinajstić information content (AvgIpc) is 2.31. The van der Waals surface area contributed by atoms with Crippen LogP contribution in [0.4, 0.5) is 20.4 Å². The van der Waals surface area contributed by atoms with E-state index in [1.54, 1.807) is 11.8 Å². The Kier molecular flexibility index (Phi) is 6.18. The maximum Gasteiger partial charge on any atom is 0.168 e. The number of rotatable bonds is 7. The fourth-order valence-electron chi connectivity index (χ4n) is 1.46. The minimum atomic E-state index is -0.664. The molecule has 18 heavy (non-hydrogen) atoms. The molecule has 1 heterocycles. The lowest BCUT2D eigenvalue weighted by Gasteiger charge is -2.15. The maximum absolute atomic E-state index is 13.6. The number of halogens is 2. The summed E-state index contributed by atoms with van der Waals surface area (Å²) in [5.41, 5.74) is 0. The Labute approximate surface area is 111 Å². The number of hydrogen-bond donors (Lipinski definition) is 2. The summed E-state index contributed by atoms with van der Waals surface area (Å²) in [6, 6.07) is 0.936. The Hall–Kier alpha value is -1.04. The van der Waals surface area contributed by atoms with Gasteiger partial charge in [0.25, 0.3) is 0 Å². The Morgan fingerprint density at radius 3 is 2.61 bits per heavy atom. The van der Waals surface area contributed by atoms with Gasteiger partial charge < -0.3 is 10.6 Å². The summed E-state index contributed by atoms with van der Waals surface area (Å²) in [5, 5.41) is 5.78. The lowest BCUT2D eigenvalue weighted by molar-refractivity contribution is 0.576. The van der Waals surface area contributed by atoms with Gasteiger partial charge in [-0.25, -0.2) is 13.8 Å². The van der Waals surface area contributed by atoms with Crippen LogP contribution in [0.25, 0.3) is 0 Å². The normalized spacial score (nSPS) is 12.3. The number of anilines is 2. The third-order valence-electron chi connectivity index (χ3n) is 2.27. The van der Waals surface area contributed by atoms with Gasteiger partial charge in [-0.1, -0.05) is 6.92 Å². The molecule has 0 saturated heterocycles. The van der Waals surface area contributed by atoms with Crippen molar-refractivity contribution >= 4 is 23.4 Å². The van der Waals surface area contributed by atoms with Crippen molar-refractivity contribution in [3.63, 3.8) is 0 Å². The molecule has 0 saturated carbocycles. The van der Waals surface area contributed by atoms with Crippen LogP contribution in [0.1, 0.15) is 20.3 Å². The first-order valence-electron chi connectivity index (χ1n) is 5.93. The second kappa shape index (κ2) is 7.41. The SMILES string of the molecule is CCCNc1nc(NC(C)CSC)c(F)cc1F. The van der Waals surface area contributed by atoms with Crippen molar-refractivity contribution < 1.29 is 8.78 Å². The summed E-state index contributed by atoms with van der Waals surface area (Å²) in [7, 11) is 0. The summed E-state index contributed by atoms with van der Waals surface area (Å²) in [4.78, 5) is 3.95. The van der Waals surface area contributed by atoms with Crippen LogP contribution in [0.5, 0.6) is 0 Å². The Morgan fingerprint density at radius 2 is 2.00 bits per heavy atom. The van der Waals surface area contributed by atoms with Gasteiger partial charge >= 0.3 is 0 Å². The first-order valence-corrected chi connectivity index (χ1v) is 7.33. The van der Waals surface area contributed by atoms with Gasteiger partial charge in [0.05, 0.1) is 0 Å². The second-order valence-electron chi connectivity index (χ2n) is 4.08. The van der Waals surface area contributed by atoms with E-state index in [4.69, 9.17) is 0 Å². The molecule has 0 amide bonds. The summed E-state index contributed by atoms with van der Waals surface area (Å²) in [6.07, 6.45) is 2.82. The zero-order chi connectivity index (χ0) is 13.5. The predicted molar refractivity (Wildman–Crippen MR) is 74.4 cm³/mol. The van der Waals surface area contributed by atoms with Crippen molar-refractivity contribution in [3.05, 3.63) is 17.7 Å². The smallest absolute Gasteiger partial charge is 0.168 e. The molecule has 102 valence electrons. The molecular weight excluding hydrogens is 256 g/mol. The van der Waals surface area contributed by atoms with E-state index in [2.05, 4.69) is 15.6 Å². The number of nitrogens with one attached hydrogen (secondary N) is 2. The Balaban J connectivity index is 2.83. The fraction of sp³-hybridized carbons (Fsp3) is 0.583. The Bertz CT molecular complexity index is 388. The number of pyridine rings is 1. The number of nitrogens with zero attached hydrogens (tertiary/aromatic N) is 1. The van der Waals surface area contributed by atoms with Crippen molar-refractivity contribution in [2.75, 3.05) is 29.2 Å². The molecule has 0 spiro atoms. The molecule has 0 radical (unpaired) electrons. The molecule has 0 bridgehead atoms. The topological polar surface area (TPSA) is 37.0 Å². The van der Waals surface area contributed by atoms with Crippen molar-refractivity contribution in [2.45, 2.75) is 26.3 Å². The van der Waals surface area contributed by atoms with Crippen LogP contribution in [0.3, 0.4) is 0 Å². The molecule has 3 nitrogen and oxygen atoms in total. The average molecular weight is 275 g/mol. The summed E-state index contributed by atoms with van der Waals surface area (Å²) >= 11 is 1.65. The number of thioether (sulfide) groups is 1. The van der Waals surface area contributed by atoms with Crippen molar-refractivity contribution in [3.8, 4) is 0 Å². The zero-order valence-corrected chi connectivity index (χ0v) is 11.7. The maximum atomic E-state index is 13.6. The standard InChI is InChI=1S/C12H19F2N3S/c1-4-5-15-11-9(13)6-10(14)12(17-11)16-8(2)7-18-3/h6,8H,4-5,7H2,1-3H3,(H2,15,16,17). The Morgan fingerprint density at radius 1 is 1.33 bits per heavy atom. The molecule has 1 aromatic heterocycles. The minimum Gasteiger partial charge on any atom is -0.368 e. The van der Waals surface area contributed by atoms with Crippen LogP contribution >= 0.6 is 11.8 Å². The third-order valence-corrected chi connectivity index (χ3v) is 3.11. The van der Waals surface area contributed by atoms with Gasteiger partial charge in [-0.05, 0) is 19.6 Å². The van der Waals surface area contributed by atoms with Gasteiger partial charge in [-0.2, -0.15) is 11.8 Å². The van der Waals surface area contributed by atoms with E-state index in [1.807, 2.05) is 20.1 Å². The second-order valence-corrected chi connectivity index (χ2v) is 4.99. The van der Waals surface area contributed by atoms with Crippen LogP contribution in [0.15, 0.2) is 6.07 Å². The molecule has 1 rings (SSSR count). The quantitative estimate of drug-likeness (QED) is 0.800. The third kappa shape index (κ3) is 4.33. The number of hydrogen-bond acceptors (Lipinski definition) is 4. The fourth-order valence-corrected chi connectivity index (χ4v) is 2.04. The summed E-state index contributed by atoms with van der Waals surface area (Å²) in [6.45, 7) is 4.50. The predicted octanol–water partition coefficient (Wildman–Crippen LogP) is 3.35. The molecule has 0 fully saturated rings. The largest absolute Gasteiger partial charge is 0.368 e. The first kappa shape index (κ1) is 15.0. The van der Waals surface area contributed by atoms with E-state index in [0.29, 0.717) is 6.54 Å². The molecule has 0 aliphatic heterocycles. The molecule has 0 aliphatic rings. The molecule has 2 N–H and O–H groups in total. The van der Waals surface area contributed by atoms with Crippen LogP contribution < -0.4 is 10.6 Å². The van der Waals surface area contributed by atoms with E-state index in [1.165, 1.54) is 0 Å². The number of aromatic nitrogens is 1. The van der Waals surface area contributed by atoms with Crippen LogP contribution in [-0.2, 0) is 0 Å². The van der Waals surface area contributed by atoms with Crippen molar-refractivity contribution in [1.82, 2.24) is 4.98 Å². The van der Waals surface area contributed by atoms with Crippen LogP contribution in [0, 0.1) is 11.6 Å². The highest BCUT2D eigenvalue weighted by atomic mass is 32.2. The first-order chi connectivity index (χ1) is 8.58. The monoisotopic (exact) mass is 275 g/mol. The van der Waals surface area contributed by atoms with E-state index >= 15 is 0 Å². The highest BCUT2D eigenvalue weighted by Crippen LogP contribution is 2.20. The van der Waals surface area contributed by atoms with E-state index in [9.17, 15) is 8.78 Å². The highest BCUT2D eigenvalue weighted by molar-refractivity contribution is 7.98. The highest BCUT2D eigenvalue weighted by Gasteiger charge is 2.13. The van der Waals surface area contributed by atoms with Gasteiger partial charge in [-0.3, -0.25) is 0 Å². The van der Waals surface area contributed by atoms with E-state index < -0.39 is 11.6 Å². The van der Waals surface area contributed by atoms with Crippen molar-refractivity contribution in [2.24, 2.45) is 0 Å².